The van der Waals surface area contributed by atoms with E-state index in [1.54, 1.807) is 20.9 Å². The van der Waals surface area contributed by atoms with Crippen molar-refractivity contribution in [3.05, 3.63) is 65.7 Å². The number of hydrazine groups is 1. The molecule has 0 unspecified atom stereocenters. The van der Waals surface area contributed by atoms with Crippen LogP contribution in [0.15, 0.2) is 59.5 Å². The standard InChI is InChI=1S/C21H28N4O4S/c1-4-25(5-2)30(28,29)19-13-9-12-18(14-19)21(27)23-22-20(26)16-24(3)15-17-10-7-6-8-11-17/h6-14H,4-5,15-16H2,1-3H3,(H,22,26)(H,23,27). The summed E-state index contributed by atoms with van der Waals surface area (Å²) in [7, 11) is -1.87. The van der Waals surface area contributed by atoms with Crippen LogP contribution in [-0.2, 0) is 21.4 Å². The molecule has 0 spiro atoms. The molecule has 0 aliphatic carbocycles. The van der Waals surface area contributed by atoms with E-state index in [9.17, 15) is 18.0 Å². The average Bonchev–Trinajstić information content (AvgIpc) is 2.73. The predicted molar refractivity (Wildman–Crippen MR) is 115 cm³/mol. The molecule has 0 saturated carbocycles. The maximum absolute atomic E-state index is 12.6. The van der Waals surface area contributed by atoms with Gasteiger partial charge in [-0.05, 0) is 30.8 Å². The molecule has 2 amide bonds. The molecule has 0 fully saturated rings. The molecule has 30 heavy (non-hydrogen) atoms. The van der Waals surface area contributed by atoms with Crippen LogP contribution in [0, 0.1) is 0 Å². The molecule has 0 atom stereocenters. The molecule has 0 heterocycles. The van der Waals surface area contributed by atoms with Crippen LogP contribution in [0.3, 0.4) is 0 Å². The second kappa shape index (κ2) is 10.9. The largest absolute Gasteiger partial charge is 0.293 e. The highest BCUT2D eigenvalue weighted by Crippen LogP contribution is 2.16. The lowest BCUT2D eigenvalue weighted by Crippen LogP contribution is -2.45. The normalized spacial score (nSPS) is 11.5. The summed E-state index contributed by atoms with van der Waals surface area (Å²) in [6, 6.07) is 15.5. The van der Waals surface area contributed by atoms with E-state index in [-0.39, 0.29) is 22.9 Å². The number of sulfonamides is 1. The number of amides is 2. The van der Waals surface area contributed by atoms with Crippen molar-refractivity contribution in [1.29, 1.82) is 0 Å². The summed E-state index contributed by atoms with van der Waals surface area (Å²) in [4.78, 5) is 26.3. The number of hydrogen-bond acceptors (Lipinski definition) is 5. The Labute approximate surface area is 177 Å². The third-order valence-corrected chi connectivity index (χ3v) is 6.51. The number of nitrogens with one attached hydrogen (secondary N) is 2. The van der Waals surface area contributed by atoms with Crippen molar-refractivity contribution in [3.63, 3.8) is 0 Å². The molecule has 0 saturated heterocycles. The highest BCUT2D eigenvalue weighted by molar-refractivity contribution is 7.89. The zero-order chi connectivity index (χ0) is 22.1. The maximum atomic E-state index is 12.6. The SMILES string of the molecule is CCN(CC)S(=O)(=O)c1cccc(C(=O)NNC(=O)CN(C)Cc2ccccc2)c1. The summed E-state index contributed by atoms with van der Waals surface area (Å²) >= 11 is 0. The summed E-state index contributed by atoms with van der Waals surface area (Å²) < 4.78 is 26.6. The predicted octanol–water partition coefficient (Wildman–Crippen LogP) is 1.61. The third-order valence-electron chi connectivity index (χ3n) is 4.46. The van der Waals surface area contributed by atoms with Crippen LogP contribution in [0.1, 0.15) is 29.8 Å². The molecule has 0 radical (unpaired) electrons. The van der Waals surface area contributed by atoms with E-state index in [2.05, 4.69) is 10.9 Å². The van der Waals surface area contributed by atoms with E-state index < -0.39 is 15.9 Å². The van der Waals surface area contributed by atoms with Crippen LogP contribution in [-0.4, -0.2) is 56.1 Å². The van der Waals surface area contributed by atoms with Gasteiger partial charge >= 0.3 is 0 Å². The number of carbonyl (C=O) groups is 2. The monoisotopic (exact) mass is 432 g/mol. The Morgan fingerprint density at radius 1 is 0.933 bits per heavy atom. The van der Waals surface area contributed by atoms with E-state index in [1.165, 1.54) is 28.6 Å². The summed E-state index contributed by atoms with van der Waals surface area (Å²) in [6.07, 6.45) is 0. The van der Waals surface area contributed by atoms with E-state index in [1.807, 2.05) is 35.2 Å². The van der Waals surface area contributed by atoms with Gasteiger partial charge < -0.3 is 0 Å². The van der Waals surface area contributed by atoms with E-state index in [0.29, 0.717) is 19.6 Å². The highest BCUT2D eigenvalue weighted by Gasteiger charge is 2.22. The molecule has 162 valence electrons. The third kappa shape index (κ3) is 6.38. The van der Waals surface area contributed by atoms with Gasteiger partial charge in [-0.1, -0.05) is 50.2 Å². The molecule has 2 N–H and O–H groups in total. The zero-order valence-corrected chi connectivity index (χ0v) is 18.3. The van der Waals surface area contributed by atoms with Crippen LogP contribution < -0.4 is 10.9 Å². The van der Waals surface area contributed by atoms with Crippen LogP contribution in [0.5, 0.6) is 0 Å². The molecule has 8 nitrogen and oxygen atoms in total. The second-order valence-electron chi connectivity index (χ2n) is 6.78. The lowest BCUT2D eigenvalue weighted by Gasteiger charge is -2.19. The number of carbonyl (C=O) groups excluding carboxylic acids is 2. The van der Waals surface area contributed by atoms with Crippen molar-refractivity contribution in [2.24, 2.45) is 0 Å². The zero-order valence-electron chi connectivity index (χ0n) is 17.5. The van der Waals surface area contributed by atoms with Crippen LogP contribution >= 0.6 is 0 Å². The van der Waals surface area contributed by atoms with E-state index >= 15 is 0 Å². The first-order valence-electron chi connectivity index (χ1n) is 9.69. The molecular weight excluding hydrogens is 404 g/mol. The van der Waals surface area contributed by atoms with Gasteiger partial charge in [0.1, 0.15) is 0 Å². The second-order valence-corrected chi connectivity index (χ2v) is 8.72. The number of nitrogens with zero attached hydrogens (tertiary/aromatic N) is 2. The first kappa shape index (κ1) is 23.5. The minimum absolute atomic E-state index is 0.0350. The Balaban J connectivity index is 1.94. The fourth-order valence-electron chi connectivity index (χ4n) is 2.94. The van der Waals surface area contributed by atoms with Crippen molar-refractivity contribution in [2.45, 2.75) is 25.3 Å². The van der Waals surface area contributed by atoms with Gasteiger partial charge in [0.15, 0.2) is 0 Å². The molecule has 9 heteroatoms. The summed E-state index contributed by atoms with van der Waals surface area (Å²) in [5.74, 6) is -0.973. The van der Waals surface area contributed by atoms with E-state index in [0.717, 1.165) is 5.56 Å². The van der Waals surface area contributed by atoms with Gasteiger partial charge in [-0.15, -0.1) is 0 Å². The molecule has 0 aliphatic heterocycles. The molecule has 0 aromatic heterocycles. The molecule has 2 rings (SSSR count). The van der Waals surface area contributed by atoms with E-state index in [4.69, 9.17) is 0 Å². The summed E-state index contributed by atoms with van der Waals surface area (Å²) in [5.41, 5.74) is 5.90. The Bertz CT molecular complexity index is 960. The topological polar surface area (TPSA) is 98.8 Å². The fraction of sp³-hybridized carbons (Fsp3) is 0.333. The van der Waals surface area contributed by atoms with Crippen molar-refractivity contribution in [1.82, 2.24) is 20.1 Å². The summed E-state index contributed by atoms with van der Waals surface area (Å²) in [6.45, 7) is 4.85. The molecule has 2 aromatic carbocycles. The quantitative estimate of drug-likeness (QED) is 0.587. The molecule has 2 aromatic rings. The van der Waals surface area contributed by atoms with Crippen molar-refractivity contribution in [2.75, 3.05) is 26.7 Å². The van der Waals surface area contributed by atoms with Crippen molar-refractivity contribution >= 4 is 21.8 Å². The Morgan fingerprint density at radius 3 is 2.23 bits per heavy atom. The first-order valence-corrected chi connectivity index (χ1v) is 11.1. The van der Waals surface area contributed by atoms with Gasteiger partial charge in [0, 0.05) is 25.2 Å². The van der Waals surface area contributed by atoms with Crippen molar-refractivity contribution < 1.29 is 18.0 Å². The van der Waals surface area contributed by atoms with Crippen molar-refractivity contribution in [3.8, 4) is 0 Å². The molecule has 0 aliphatic rings. The van der Waals surface area contributed by atoms with Crippen LogP contribution in [0.2, 0.25) is 0 Å². The Hall–Kier alpha value is -2.75. The van der Waals surface area contributed by atoms with Gasteiger partial charge in [0.25, 0.3) is 11.8 Å². The van der Waals surface area contributed by atoms with Crippen LogP contribution in [0.4, 0.5) is 0 Å². The Kier molecular flexibility index (Phi) is 8.52. The van der Waals surface area contributed by atoms with Gasteiger partial charge in [-0.3, -0.25) is 25.3 Å². The molecular formula is C21H28N4O4S. The number of likely N-dealkylation sites (N-methyl/N-ethyl adjacent to an activating group) is 1. The van der Waals surface area contributed by atoms with Crippen LogP contribution in [0.25, 0.3) is 0 Å². The smallest absolute Gasteiger partial charge is 0.269 e. The minimum Gasteiger partial charge on any atom is -0.293 e. The Morgan fingerprint density at radius 2 is 1.60 bits per heavy atom. The minimum atomic E-state index is -3.67. The lowest BCUT2D eigenvalue weighted by atomic mass is 10.2. The lowest BCUT2D eigenvalue weighted by molar-refractivity contribution is -0.122. The first-order chi connectivity index (χ1) is 14.3. The number of benzene rings is 2. The fourth-order valence-corrected chi connectivity index (χ4v) is 4.45. The highest BCUT2D eigenvalue weighted by atomic mass is 32.2. The number of rotatable bonds is 9. The van der Waals surface area contributed by atoms with Gasteiger partial charge in [-0.2, -0.15) is 4.31 Å². The average molecular weight is 433 g/mol. The maximum Gasteiger partial charge on any atom is 0.269 e. The van der Waals surface area contributed by atoms with Gasteiger partial charge in [-0.25, -0.2) is 8.42 Å². The van der Waals surface area contributed by atoms with Gasteiger partial charge in [0.2, 0.25) is 10.0 Å². The molecule has 0 bridgehead atoms. The van der Waals surface area contributed by atoms with Gasteiger partial charge in [0.05, 0.1) is 11.4 Å². The summed E-state index contributed by atoms with van der Waals surface area (Å²) in [5, 5.41) is 0. The number of hydrogen-bond donors (Lipinski definition) is 2.